The monoisotopic (exact) mass is 424 g/mol. The molecule has 0 aliphatic heterocycles. The number of thiazole rings is 1. The summed E-state index contributed by atoms with van der Waals surface area (Å²) in [6, 6.07) is 13.0. The molecule has 0 radical (unpaired) electrons. The summed E-state index contributed by atoms with van der Waals surface area (Å²) in [5.74, 6) is 2.05. The molecule has 7 nitrogen and oxygen atoms in total. The Hall–Kier alpha value is -3.23. The Morgan fingerprint density at radius 2 is 2.17 bits per heavy atom. The van der Waals surface area contributed by atoms with E-state index >= 15 is 0 Å². The minimum absolute atomic E-state index is 0.202. The molecule has 4 aromatic rings. The van der Waals surface area contributed by atoms with E-state index in [0.29, 0.717) is 16.7 Å². The molecule has 9 heteroatoms. The number of aryl methyl sites for hydroxylation is 1. The fraction of sp³-hybridized carbons (Fsp3) is 0.100. The lowest BCUT2D eigenvalue weighted by Crippen LogP contribution is -2.06. The van der Waals surface area contributed by atoms with E-state index < -0.39 is 0 Å². The van der Waals surface area contributed by atoms with Crippen molar-refractivity contribution >= 4 is 50.8 Å². The predicted octanol–water partition coefficient (Wildman–Crippen LogP) is 5.06. The molecule has 0 spiro atoms. The van der Waals surface area contributed by atoms with E-state index in [4.69, 9.17) is 21.7 Å². The first-order valence-electron chi connectivity index (χ1n) is 8.76. The molecule has 2 aromatic heterocycles. The van der Waals surface area contributed by atoms with Crippen molar-refractivity contribution in [1.82, 2.24) is 20.2 Å². The highest BCUT2D eigenvalue weighted by atomic mass is 35.5. The first-order valence-corrected chi connectivity index (χ1v) is 9.95. The number of hydrogen-bond acceptors (Lipinski definition) is 6. The van der Waals surface area contributed by atoms with Crippen molar-refractivity contribution in [2.75, 3.05) is 5.32 Å². The van der Waals surface area contributed by atoms with Crippen LogP contribution in [0, 0.1) is 12.3 Å². The van der Waals surface area contributed by atoms with Gasteiger partial charge < -0.3 is 15.0 Å². The summed E-state index contributed by atoms with van der Waals surface area (Å²) in [5, 5.41) is 20.7. The SMILES string of the molecule is Cc1nc2cc(OCc3nnc(/C=C\C(=N)Nc4cccc(Cl)c4)[nH]3)ccc2s1. The molecule has 0 unspecified atom stereocenters. The van der Waals surface area contributed by atoms with Crippen molar-refractivity contribution < 1.29 is 4.74 Å². The first kappa shape index (κ1) is 19.1. The fourth-order valence-electron chi connectivity index (χ4n) is 2.64. The van der Waals surface area contributed by atoms with Crippen LogP contribution in [0.3, 0.4) is 0 Å². The number of anilines is 1. The Kier molecular flexibility index (Phi) is 5.55. The maximum atomic E-state index is 7.98. The summed E-state index contributed by atoms with van der Waals surface area (Å²) < 4.78 is 6.91. The summed E-state index contributed by atoms with van der Waals surface area (Å²) in [7, 11) is 0. The molecular formula is C20H17ClN6OS. The number of hydrogen-bond donors (Lipinski definition) is 3. The molecule has 0 fully saturated rings. The Labute approximate surface area is 175 Å². The van der Waals surface area contributed by atoms with Gasteiger partial charge in [-0.05, 0) is 49.4 Å². The molecule has 0 amide bonds. The van der Waals surface area contributed by atoms with Gasteiger partial charge in [-0.2, -0.15) is 0 Å². The molecule has 0 aliphatic rings. The number of H-pyrrole nitrogens is 1. The molecule has 0 saturated heterocycles. The summed E-state index contributed by atoms with van der Waals surface area (Å²) in [4.78, 5) is 7.53. The van der Waals surface area contributed by atoms with Crippen LogP contribution in [0.2, 0.25) is 5.02 Å². The Balaban J connectivity index is 1.33. The van der Waals surface area contributed by atoms with Crippen molar-refractivity contribution in [1.29, 1.82) is 5.41 Å². The molecule has 3 N–H and O–H groups in total. The van der Waals surface area contributed by atoms with Gasteiger partial charge in [0.15, 0.2) is 11.6 Å². The van der Waals surface area contributed by atoms with E-state index in [9.17, 15) is 0 Å². The van der Waals surface area contributed by atoms with Crippen LogP contribution in [-0.2, 0) is 6.61 Å². The summed E-state index contributed by atoms with van der Waals surface area (Å²) in [6.07, 6.45) is 3.26. The van der Waals surface area contributed by atoms with Gasteiger partial charge in [0, 0.05) is 16.8 Å². The van der Waals surface area contributed by atoms with Gasteiger partial charge in [0.05, 0.1) is 15.2 Å². The minimum atomic E-state index is 0.202. The predicted molar refractivity (Wildman–Crippen MR) is 117 cm³/mol. The minimum Gasteiger partial charge on any atom is -0.486 e. The zero-order chi connectivity index (χ0) is 20.2. The molecule has 0 bridgehead atoms. The average molecular weight is 425 g/mol. The highest BCUT2D eigenvalue weighted by molar-refractivity contribution is 7.18. The van der Waals surface area contributed by atoms with E-state index in [1.54, 1.807) is 35.6 Å². The smallest absolute Gasteiger partial charge is 0.168 e. The summed E-state index contributed by atoms with van der Waals surface area (Å²) in [6.45, 7) is 2.24. The van der Waals surface area contributed by atoms with Crippen LogP contribution < -0.4 is 10.1 Å². The van der Waals surface area contributed by atoms with E-state index in [0.717, 1.165) is 26.7 Å². The van der Waals surface area contributed by atoms with Gasteiger partial charge in [-0.1, -0.05) is 17.7 Å². The zero-order valence-corrected chi connectivity index (χ0v) is 17.0. The number of aromatic amines is 1. The molecule has 0 saturated carbocycles. The number of ether oxygens (including phenoxy) is 1. The van der Waals surface area contributed by atoms with Crippen molar-refractivity contribution in [2.24, 2.45) is 0 Å². The van der Waals surface area contributed by atoms with Crippen LogP contribution in [-0.4, -0.2) is 26.0 Å². The number of fused-ring (bicyclic) bond motifs is 1. The van der Waals surface area contributed by atoms with E-state index in [2.05, 4.69) is 25.5 Å². The third-order valence-corrected chi connectivity index (χ3v) is 5.09. The Morgan fingerprint density at radius 3 is 3.03 bits per heavy atom. The molecule has 2 heterocycles. The second-order valence-electron chi connectivity index (χ2n) is 6.19. The van der Waals surface area contributed by atoms with Crippen LogP contribution in [0.5, 0.6) is 5.75 Å². The number of amidine groups is 1. The number of nitrogens with zero attached hydrogens (tertiary/aromatic N) is 3. The van der Waals surface area contributed by atoms with Crippen molar-refractivity contribution in [3.63, 3.8) is 0 Å². The third-order valence-electron chi connectivity index (χ3n) is 3.90. The first-order chi connectivity index (χ1) is 14.0. The topological polar surface area (TPSA) is 99.6 Å². The van der Waals surface area contributed by atoms with Crippen LogP contribution in [0.15, 0.2) is 48.5 Å². The lowest BCUT2D eigenvalue weighted by molar-refractivity contribution is 0.296. The highest BCUT2D eigenvalue weighted by Gasteiger charge is 2.05. The maximum absolute atomic E-state index is 7.98. The van der Waals surface area contributed by atoms with Gasteiger partial charge in [-0.3, -0.25) is 5.41 Å². The van der Waals surface area contributed by atoms with E-state index in [1.807, 2.05) is 37.3 Å². The molecule has 0 atom stereocenters. The van der Waals surface area contributed by atoms with Crippen LogP contribution >= 0.6 is 22.9 Å². The van der Waals surface area contributed by atoms with Crippen LogP contribution in [0.25, 0.3) is 16.3 Å². The number of rotatable bonds is 6. The van der Waals surface area contributed by atoms with E-state index in [-0.39, 0.29) is 12.4 Å². The second-order valence-corrected chi connectivity index (χ2v) is 7.86. The molecule has 4 rings (SSSR count). The molecule has 2 aromatic carbocycles. The number of nitrogens with one attached hydrogen (secondary N) is 3. The molecule has 0 aliphatic carbocycles. The normalized spacial score (nSPS) is 11.2. The lowest BCUT2D eigenvalue weighted by Gasteiger charge is -2.04. The molecule has 146 valence electrons. The number of benzene rings is 2. The summed E-state index contributed by atoms with van der Waals surface area (Å²) in [5.41, 5.74) is 1.67. The van der Waals surface area contributed by atoms with Gasteiger partial charge in [-0.25, -0.2) is 4.98 Å². The van der Waals surface area contributed by atoms with Crippen molar-refractivity contribution in [3.8, 4) is 5.75 Å². The third kappa shape index (κ3) is 4.98. The van der Waals surface area contributed by atoms with Gasteiger partial charge >= 0.3 is 0 Å². The quantitative estimate of drug-likeness (QED) is 0.297. The molecule has 29 heavy (non-hydrogen) atoms. The Morgan fingerprint density at radius 1 is 1.28 bits per heavy atom. The van der Waals surface area contributed by atoms with Crippen molar-refractivity contribution in [2.45, 2.75) is 13.5 Å². The van der Waals surface area contributed by atoms with Crippen molar-refractivity contribution in [3.05, 3.63) is 70.2 Å². The second kappa shape index (κ2) is 8.42. The maximum Gasteiger partial charge on any atom is 0.168 e. The average Bonchev–Trinajstić information content (AvgIpc) is 3.29. The van der Waals surface area contributed by atoms with Crippen LogP contribution in [0.1, 0.15) is 16.7 Å². The number of halogens is 1. The zero-order valence-electron chi connectivity index (χ0n) is 15.4. The lowest BCUT2D eigenvalue weighted by atomic mass is 10.3. The van der Waals surface area contributed by atoms with E-state index in [1.165, 1.54) is 0 Å². The largest absolute Gasteiger partial charge is 0.486 e. The van der Waals surface area contributed by atoms with Gasteiger partial charge in [-0.15, -0.1) is 21.5 Å². The van der Waals surface area contributed by atoms with Gasteiger partial charge in [0.2, 0.25) is 0 Å². The summed E-state index contributed by atoms with van der Waals surface area (Å²) >= 11 is 7.60. The Bertz CT molecular complexity index is 1200. The van der Waals surface area contributed by atoms with Gasteiger partial charge in [0.25, 0.3) is 0 Å². The van der Waals surface area contributed by atoms with Gasteiger partial charge in [0.1, 0.15) is 18.2 Å². The number of aromatic nitrogens is 4. The fourth-order valence-corrected chi connectivity index (χ4v) is 3.64. The highest BCUT2D eigenvalue weighted by Crippen LogP contribution is 2.25. The molecular weight excluding hydrogens is 408 g/mol. The standard InChI is InChI=1S/C20H17ClN6OS/c1-12-23-16-10-15(5-6-17(16)29-12)28-11-20-25-19(26-27-20)8-7-18(22)24-14-4-2-3-13(21)9-14/h2-10H,11H2,1H3,(H2,22,24)(H,25,26,27)/b8-7-. The van der Waals surface area contributed by atoms with Crippen LogP contribution in [0.4, 0.5) is 5.69 Å².